The normalized spacial score (nSPS) is 17.6. The number of hydrogen-bond donors (Lipinski definition) is 2. The van der Waals surface area contributed by atoms with Gasteiger partial charge in [0.1, 0.15) is 5.75 Å². The number of methoxy groups -OCH3 is 1. The first-order valence-corrected chi connectivity index (χ1v) is 9.18. The second-order valence-corrected chi connectivity index (χ2v) is 8.27. The molecule has 1 saturated heterocycles. The molecule has 126 valence electrons. The lowest BCUT2D eigenvalue weighted by Crippen LogP contribution is -2.42. The molecule has 1 aliphatic heterocycles. The fourth-order valence-electron chi connectivity index (χ4n) is 2.37. The molecule has 8 heteroatoms. The number of benzene rings is 1. The Labute approximate surface area is 146 Å². The molecule has 0 bridgehead atoms. The van der Waals surface area contributed by atoms with Gasteiger partial charge < -0.3 is 10.1 Å². The average Bonchev–Trinajstić information content (AvgIpc) is 2.47. The van der Waals surface area contributed by atoms with E-state index in [1.807, 2.05) is 0 Å². The summed E-state index contributed by atoms with van der Waals surface area (Å²) in [5, 5.41) is 3.29. The van der Waals surface area contributed by atoms with Gasteiger partial charge in [0, 0.05) is 17.1 Å². The van der Waals surface area contributed by atoms with Gasteiger partial charge in [-0.15, -0.1) is 12.4 Å². The van der Waals surface area contributed by atoms with Crippen LogP contribution in [0.1, 0.15) is 19.8 Å². The van der Waals surface area contributed by atoms with Gasteiger partial charge >= 0.3 is 0 Å². The van der Waals surface area contributed by atoms with Gasteiger partial charge in [0.2, 0.25) is 10.0 Å². The Morgan fingerprint density at radius 3 is 2.59 bits per heavy atom. The largest absolute Gasteiger partial charge is 0.497 e. The summed E-state index contributed by atoms with van der Waals surface area (Å²) in [5.74, 6) is 0.520. The van der Waals surface area contributed by atoms with Crippen molar-refractivity contribution in [1.29, 1.82) is 0 Å². The van der Waals surface area contributed by atoms with Crippen molar-refractivity contribution in [3.05, 3.63) is 22.7 Å². The van der Waals surface area contributed by atoms with E-state index >= 15 is 0 Å². The smallest absolute Gasteiger partial charge is 0.241 e. The topological polar surface area (TPSA) is 67.4 Å². The highest BCUT2D eigenvalue weighted by atomic mass is 79.9. The lowest BCUT2D eigenvalue weighted by Gasteiger charge is -2.34. The fraction of sp³-hybridized carbons (Fsp3) is 0.571. The number of rotatable bonds is 5. The molecule has 0 unspecified atom stereocenters. The predicted molar refractivity (Wildman–Crippen MR) is 93.3 cm³/mol. The Morgan fingerprint density at radius 2 is 2.00 bits per heavy atom. The zero-order valence-electron chi connectivity index (χ0n) is 12.7. The van der Waals surface area contributed by atoms with Crippen molar-refractivity contribution in [3.63, 3.8) is 0 Å². The SMILES string of the molecule is COc1ccc(Br)c(S(=O)(=O)NCC2(C)CCNCC2)c1.Cl. The lowest BCUT2D eigenvalue weighted by atomic mass is 9.81. The number of halogens is 2. The molecule has 0 aliphatic carbocycles. The molecule has 1 aromatic rings. The van der Waals surface area contributed by atoms with Gasteiger partial charge in [-0.2, -0.15) is 0 Å². The first kappa shape index (κ1) is 19.7. The summed E-state index contributed by atoms with van der Waals surface area (Å²) in [6.07, 6.45) is 1.93. The minimum atomic E-state index is -3.56. The van der Waals surface area contributed by atoms with Crippen LogP contribution in [0.3, 0.4) is 0 Å². The molecular weight excluding hydrogens is 392 g/mol. The molecule has 1 heterocycles. The quantitative estimate of drug-likeness (QED) is 0.778. The first-order valence-electron chi connectivity index (χ1n) is 6.90. The van der Waals surface area contributed by atoms with Gasteiger partial charge in [-0.3, -0.25) is 0 Å². The molecule has 0 radical (unpaired) electrons. The first-order chi connectivity index (χ1) is 9.86. The van der Waals surface area contributed by atoms with Gasteiger partial charge in [0.25, 0.3) is 0 Å². The third-order valence-corrected chi connectivity index (χ3v) is 6.32. The number of nitrogens with one attached hydrogen (secondary N) is 2. The van der Waals surface area contributed by atoms with Crippen LogP contribution < -0.4 is 14.8 Å². The molecule has 2 rings (SSSR count). The summed E-state index contributed by atoms with van der Waals surface area (Å²) in [6.45, 7) is 4.43. The highest BCUT2D eigenvalue weighted by Crippen LogP contribution is 2.29. The molecule has 5 nitrogen and oxygen atoms in total. The van der Waals surface area contributed by atoms with Crippen LogP contribution in [0, 0.1) is 5.41 Å². The monoisotopic (exact) mass is 412 g/mol. The summed E-state index contributed by atoms with van der Waals surface area (Å²) in [6, 6.07) is 4.92. The van der Waals surface area contributed by atoms with E-state index in [4.69, 9.17) is 4.74 Å². The van der Waals surface area contributed by atoms with E-state index in [1.165, 1.54) is 13.2 Å². The van der Waals surface area contributed by atoms with Gasteiger partial charge in [-0.05, 0) is 59.4 Å². The third kappa shape index (κ3) is 4.83. The molecule has 22 heavy (non-hydrogen) atoms. The van der Waals surface area contributed by atoms with Crippen molar-refractivity contribution in [2.75, 3.05) is 26.7 Å². The second-order valence-electron chi connectivity index (χ2n) is 5.68. The fourth-order valence-corrected chi connectivity index (χ4v) is 4.55. The third-order valence-electron chi connectivity index (χ3n) is 3.93. The minimum Gasteiger partial charge on any atom is -0.497 e. The highest BCUT2D eigenvalue weighted by molar-refractivity contribution is 9.10. The van der Waals surface area contributed by atoms with Crippen LogP contribution in [0.5, 0.6) is 5.75 Å². The molecule has 0 amide bonds. The number of piperidine rings is 1. The highest BCUT2D eigenvalue weighted by Gasteiger charge is 2.29. The van der Waals surface area contributed by atoms with Crippen LogP contribution in [-0.2, 0) is 10.0 Å². The summed E-state index contributed by atoms with van der Waals surface area (Å²) < 4.78 is 33.4. The number of ether oxygens (including phenoxy) is 1. The second kappa shape index (κ2) is 7.97. The van der Waals surface area contributed by atoms with E-state index < -0.39 is 10.0 Å². The number of sulfonamides is 1. The lowest BCUT2D eigenvalue weighted by molar-refractivity contribution is 0.232. The maximum atomic E-state index is 12.5. The molecule has 0 aromatic heterocycles. The van der Waals surface area contributed by atoms with E-state index in [-0.39, 0.29) is 22.7 Å². The molecule has 0 saturated carbocycles. The predicted octanol–water partition coefficient (Wildman–Crippen LogP) is 2.55. The molecule has 0 spiro atoms. The molecule has 1 fully saturated rings. The summed E-state index contributed by atoms with van der Waals surface area (Å²) in [7, 11) is -2.04. The van der Waals surface area contributed by atoms with Gasteiger partial charge in [0.05, 0.1) is 12.0 Å². The zero-order valence-corrected chi connectivity index (χ0v) is 15.9. The summed E-state index contributed by atoms with van der Waals surface area (Å²) >= 11 is 3.29. The Kier molecular flexibility index (Phi) is 7.14. The molecular formula is C14H22BrClN2O3S. The Hall–Kier alpha value is -0.340. The van der Waals surface area contributed by atoms with Crippen molar-refractivity contribution in [1.82, 2.24) is 10.0 Å². The van der Waals surface area contributed by atoms with E-state index in [0.29, 0.717) is 16.8 Å². The van der Waals surface area contributed by atoms with Crippen molar-refractivity contribution < 1.29 is 13.2 Å². The van der Waals surface area contributed by atoms with Crippen molar-refractivity contribution in [2.45, 2.75) is 24.7 Å². The van der Waals surface area contributed by atoms with E-state index in [1.54, 1.807) is 12.1 Å². The van der Waals surface area contributed by atoms with Crippen LogP contribution in [0.25, 0.3) is 0 Å². The van der Waals surface area contributed by atoms with Crippen LogP contribution in [0.4, 0.5) is 0 Å². The van der Waals surface area contributed by atoms with Crippen molar-refractivity contribution in [3.8, 4) is 5.75 Å². The van der Waals surface area contributed by atoms with E-state index in [9.17, 15) is 8.42 Å². The standard InChI is InChI=1S/C14H21BrN2O3S.ClH/c1-14(5-7-16-8-6-14)10-17-21(18,19)13-9-11(20-2)3-4-12(13)15;/h3-4,9,16-17H,5-8,10H2,1-2H3;1H. The number of hydrogen-bond acceptors (Lipinski definition) is 4. The Balaban J connectivity index is 0.00000242. The molecule has 2 N–H and O–H groups in total. The minimum absolute atomic E-state index is 0. The van der Waals surface area contributed by atoms with E-state index in [2.05, 4.69) is 32.9 Å². The van der Waals surface area contributed by atoms with Crippen molar-refractivity contribution in [2.24, 2.45) is 5.41 Å². The Bertz CT molecular complexity index is 604. The van der Waals surface area contributed by atoms with Gasteiger partial charge in [-0.1, -0.05) is 6.92 Å². The van der Waals surface area contributed by atoms with Crippen LogP contribution in [0.15, 0.2) is 27.6 Å². The molecule has 0 atom stereocenters. The average molecular weight is 414 g/mol. The molecule has 1 aromatic carbocycles. The zero-order chi connectivity index (χ0) is 15.5. The maximum absolute atomic E-state index is 12.5. The van der Waals surface area contributed by atoms with Crippen molar-refractivity contribution >= 4 is 38.4 Å². The summed E-state index contributed by atoms with van der Waals surface area (Å²) in [5.41, 5.74) is 0.00363. The van der Waals surface area contributed by atoms with Crippen LogP contribution in [-0.4, -0.2) is 35.2 Å². The van der Waals surface area contributed by atoms with Crippen LogP contribution in [0.2, 0.25) is 0 Å². The van der Waals surface area contributed by atoms with E-state index in [0.717, 1.165) is 25.9 Å². The summed E-state index contributed by atoms with van der Waals surface area (Å²) in [4.78, 5) is 0.208. The van der Waals surface area contributed by atoms with Gasteiger partial charge in [-0.25, -0.2) is 13.1 Å². The molecule has 1 aliphatic rings. The maximum Gasteiger partial charge on any atom is 0.241 e. The van der Waals surface area contributed by atoms with Gasteiger partial charge in [0.15, 0.2) is 0 Å². The van der Waals surface area contributed by atoms with Crippen LogP contribution >= 0.6 is 28.3 Å². The Morgan fingerprint density at radius 1 is 1.36 bits per heavy atom.